The molecule has 0 unspecified atom stereocenters. The number of nitrogens with two attached hydrogens (primary N) is 1. The normalized spacial score (nSPS) is 11.4. The summed E-state index contributed by atoms with van der Waals surface area (Å²) in [5.74, 6) is -1.97. The summed E-state index contributed by atoms with van der Waals surface area (Å²) in [6.07, 6.45) is 0.680. The van der Waals surface area contributed by atoms with Crippen LogP contribution in [-0.2, 0) is 16.4 Å². The van der Waals surface area contributed by atoms with Crippen molar-refractivity contribution in [2.75, 3.05) is 11.3 Å². The molecule has 112 valence electrons. The molecule has 0 heterocycles. The van der Waals surface area contributed by atoms with E-state index in [2.05, 4.69) is 4.72 Å². The van der Waals surface area contributed by atoms with Crippen LogP contribution in [0.25, 0.3) is 0 Å². The predicted molar refractivity (Wildman–Crippen MR) is 76.4 cm³/mol. The molecule has 21 heavy (non-hydrogen) atoms. The average molecular weight is 312 g/mol. The number of hydrogen-bond acceptors (Lipinski definition) is 3. The highest BCUT2D eigenvalue weighted by Gasteiger charge is 2.19. The maximum Gasteiger partial charge on any atom is 0.264 e. The zero-order valence-corrected chi connectivity index (χ0v) is 11.8. The number of hydrogen-bond donors (Lipinski definition) is 2. The zero-order valence-electron chi connectivity index (χ0n) is 11.0. The summed E-state index contributed by atoms with van der Waals surface area (Å²) in [6, 6.07) is 8.88. The highest BCUT2D eigenvalue weighted by atomic mass is 32.2. The van der Waals surface area contributed by atoms with Crippen LogP contribution in [0.3, 0.4) is 0 Å². The summed E-state index contributed by atoms with van der Waals surface area (Å²) in [7, 11) is -4.10. The maximum atomic E-state index is 13.5. The number of nitrogens with one attached hydrogen (secondary N) is 1. The summed E-state index contributed by atoms with van der Waals surface area (Å²) in [6.45, 7) is 0.492. The molecule has 3 N–H and O–H groups in total. The van der Waals surface area contributed by atoms with Crippen molar-refractivity contribution in [3.05, 3.63) is 59.7 Å². The van der Waals surface area contributed by atoms with Gasteiger partial charge in [-0.05, 0) is 42.8 Å². The Kier molecular flexibility index (Phi) is 4.54. The summed E-state index contributed by atoms with van der Waals surface area (Å²) in [5.41, 5.74) is 6.68. The first-order valence-corrected chi connectivity index (χ1v) is 7.67. The second-order valence-electron chi connectivity index (χ2n) is 4.42. The molecule has 0 spiro atoms. The van der Waals surface area contributed by atoms with Crippen LogP contribution < -0.4 is 10.5 Å². The molecule has 0 aliphatic rings. The van der Waals surface area contributed by atoms with Crippen molar-refractivity contribution in [1.29, 1.82) is 0 Å². The van der Waals surface area contributed by atoms with Crippen LogP contribution in [0.1, 0.15) is 5.56 Å². The highest BCUT2D eigenvalue weighted by molar-refractivity contribution is 7.92. The number of rotatable bonds is 5. The van der Waals surface area contributed by atoms with E-state index in [-0.39, 0.29) is 0 Å². The first kappa shape index (κ1) is 15.4. The molecule has 0 saturated carbocycles. The highest BCUT2D eigenvalue weighted by Crippen LogP contribution is 2.20. The smallest absolute Gasteiger partial charge is 0.264 e. The van der Waals surface area contributed by atoms with Gasteiger partial charge in [0.25, 0.3) is 10.0 Å². The van der Waals surface area contributed by atoms with Crippen molar-refractivity contribution in [2.24, 2.45) is 5.73 Å². The lowest BCUT2D eigenvalue weighted by Crippen LogP contribution is -2.14. The third kappa shape index (κ3) is 3.77. The minimum Gasteiger partial charge on any atom is -0.330 e. The summed E-state index contributed by atoms with van der Waals surface area (Å²) < 4.78 is 52.7. The predicted octanol–water partition coefficient (Wildman–Crippen LogP) is 2.27. The van der Waals surface area contributed by atoms with Crippen LogP contribution in [0.4, 0.5) is 14.5 Å². The Bertz CT molecular complexity index is 731. The van der Waals surface area contributed by atoms with Gasteiger partial charge in [-0.3, -0.25) is 4.72 Å². The standard InChI is InChI=1S/C14H14F2N2O2S/c15-11-3-6-14(13(16)9-11)21(19,20)18-12-4-1-10(2-5-12)7-8-17/h1-6,9,18H,7-8,17H2. The van der Waals surface area contributed by atoms with Crippen molar-refractivity contribution in [3.63, 3.8) is 0 Å². The molecule has 0 bridgehead atoms. The maximum absolute atomic E-state index is 13.5. The van der Waals surface area contributed by atoms with E-state index in [1.165, 1.54) is 0 Å². The van der Waals surface area contributed by atoms with Gasteiger partial charge in [-0.15, -0.1) is 0 Å². The fourth-order valence-corrected chi connectivity index (χ4v) is 2.93. The molecular formula is C14H14F2N2O2S. The Hall–Kier alpha value is -1.99. The van der Waals surface area contributed by atoms with Crippen LogP contribution in [-0.4, -0.2) is 15.0 Å². The van der Waals surface area contributed by atoms with Crippen molar-refractivity contribution in [2.45, 2.75) is 11.3 Å². The molecule has 0 radical (unpaired) electrons. The van der Waals surface area contributed by atoms with E-state index in [0.29, 0.717) is 24.7 Å². The summed E-state index contributed by atoms with van der Waals surface area (Å²) >= 11 is 0. The van der Waals surface area contributed by atoms with Gasteiger partial charge in [0.1, 0.15) is 16.5 Å². The fourth-order valence-electron chi connectivity index (χ4n) is 1.81. The molecule has 4 nitrogen and oxygen atoms in total. The summed E-state index contributed by atoms with van der Waals surface area (Å²) in [4.78, 5) is -0.602. The Morgan fingerprint density at radius 2 is 1.71 bits per heavy atom. The first-order valence-electron chi connectivity index (χ1n) is 6.19. The topological polar surface area (TPSA) is 72.2 Å². The largest absolute Gasteiger partial charge is 0.330 e. The van der Waals surface area contributed by atoms with Crippen LogP contribution in [0.2, 0.25) is 0 Å². The quantitative estimate of drug-likeness (QED) is 0.889. The molecule has 0 aromatic heterocycles. The molecule has 0 amide bonds. The van der Waals surface area contributed by atoms with Gasteiger partial charge in [0.05, 0.1) is 0 Å². The minimum absolute atomic E-state index is 0.291. The van der Waals surface area contributed by atoms with Gasteiger partial charge in [-0.1, -0.05) is 12.1 Å². The third-order valence-corrected chi connectivity index (χ3v) is 4.24. The number of halogens is 2. The van der Waals surface area contributed by atoms with E-state index < -0.39 is 26.6 Å². The van der Waals surface area contributed by atoms with E-state index in [9.17, 15) is 17.2 Å². The number of anilines is 1. The molecule has 7 heteroatoms. The molecule has 2 aromatic carbocycles. The van der Waals surface area contributed by atoms with Crippen LogP contribution in [0.5, 0.6) is 0 Å². The van der Waals surface area contributed by atoms with Crippen LogP contribution in [0, 0.1) is 11.6 Å². The lowest BCUT2D eigenvalue weighted by Gasteiger charge is -2.09. The van der Waals surface area contributed by atoms with Gasteiger partial charge in [0, 0.05) is 11.8 Å². The van der Waals surface area contributed by atoms with E-state index in [1.54, 1.807) is 24.3 Å². The van der Waals surface area contributed by atoms with E-state index >= 15 is 0 Å². The number of sulfonamides is 1. The van der Waals surface area contributed by atoms with Crippen molar-refractivity contribution >= 4 is 15.7 Å². The van der Waals surface area contributed by atoms with Gasteiger partial charge in [0.15, 0.2) is 0 Å². The van der Waals surface area contributed by atoms with E-state index in [4.69, 9.17) is 5.73 Å². The van der Waals surface area contributed by atoms with Crippen LogP contribution in [0.15, 0.2) is 47.4 Å². The molecule has 0 fully saturated rings. The monoisotopic (exact) mass is 312 g/mol. The molecule has 0 aliphatic carbocycles. The minimum atomic E-state index is -4.10. The van der Waals surface area contributed by atoms with Gasteiger partial charge in [-0.2, -0.15) is 0 Å². The Balaban J connectivity index is 2.24. The van der Waals surface area contributed by atoms with E-state index in [1.807, 2.05) is 0 Å². The van der Waals surface area contributed by atoms with E-state index in [0.717, 1.165) is 17.7 Å². The molecule has 0 aliphatic heterocycles. The first-order chi connectivity index (χ1) is 9.92. The van der Waals surface area contributed by atoms with Gasteiger partial charge in [-0.25, -0.2) is 17.2 Å². The molecule has 0 atom stereocenters. The van der Waals surface area contributed by atoms with Crippen LogP contribution >= 0.6 is 0 Å². The fraction of sp³-hybridized carbons (Fsp3) is 0.143. The average Bonchev–Trinajstić information content (AvgIpc) is 2.40. The molecular weight excluding hydrogens is 298 g/mol. The van der Waals surface area contributed by atoms with Crippen molar-refractivity contribution in [3.8, 4) is 0 Å². The SMILES string of the molecule is NCCc1ccc(NS(=O)(=O)c2ccc(F)cc2F)cc1. The Morgan fingerprint density at radius 1 is 1.05 bits per heavy atom. The van der Waals surface area contributed by atoms with Crippen molar-refractivity contribution in [1.82, 2.24) is 0 Å². The molecule has 0 saturated heterocycles. The summed E-state index contributed by atoms with van der Waals surface area (Å²) in [5, 5.41) is 0. The van der Waals surface area contributed by atoms with Gasteiger partial charge >= 0.3 is 0 Å². The zero-order chi connectivity index (χ0) is 15.5. The second-order valence-corrected chi connectivity index (χ2v) is 6.07. The van der Waals surface area contributed by atoms with Crippen molar-refractivity contribution < 1.29 is 17.2 Å². The Morgan fingerprint density at radius 3 is 2.29 bits per heavy atom. The Labute approximate surface area is 121 Å². The third-order valence-electron chi connectivity index (χ3n) is 2.82. The number of benzene rings is 2. The lowest BCUT2D eigenvalue weighted by molar-refractivity contribution is 0.551. The molecule has 2 aromatic rings. The lowest BCUT2D eigenvalue weighted by atomic mass is 10.1. The van der Waals surface area contributed by atoms with Gasteiger partial charge in [0.2, 0.25) is 0 Å². The molecule has 2 rings (SSSR count). The second kappa shape index (κ2) is 6.19. The van der Waals surface area contributed by atoms with Gasteiger partial charge < -0.3 is 5.73 Å².